The molecule has 2 atom stereocenters. The van der Waals surface area contributed by atoms with Crippen molar-refractivity contribution < 1.29 is 29.1 Å². The Morgan fingerprint density at radius 3 is 2.33 bits per heavy atom. The highest BCUT2D eigenvalue weighted by Crippen LogP contribution is 2.29. The van der Waals surface area contributed by atoms with Crippen LogP contribution in [0.3, 0.4) is 0 Å². The number of rotatable bonds is 12. The summed E-state index contributed by atoms with van der Waals surface area (Å²) < 4.78 is 0. The van der Waals surface area contributed by atoms with E-state index in [1.54, 1.807) is 30.3 Å². The standard InChI is InChI=1S/C39H45N9O6/c1-23-20-29(36(50)43-32-4-2-3-19-40-37(32)51)15-18-31(23)26-9-5-24(6-10-26)21-33(44-35(49)28-11-7-25(8-12-28)22-41-39(53)54)38(52)42-30-16-13-27(14-17-30)34-45-47-48-46-34/h5-6,9-10,13-18,20,25,28,32-33,41H,2-4,7-8,11-12,19,21-22H2,1H3,(H,40,51)(H,42,52)(H,43,50)(H,44,49)(H,53,54)(H,45,46,47,48)/t25?,28?,32-,33-/m0/s1. The minimum absolute atomic E-state index is 0.154. The van der Waals surface area contributed by atoms with E-state index in [0.29, 0.717) is 62.3 Å². The van der Waals surface area contributed by atoms with E-state index in [9.17, 15) is 24.0 Å². The first kappa shape index (κ1) is 37.6. The number of carbonyl (C=O) groups excluding carboxylic acids is 4. The van der Waals surface area contributed by atoms with E-state index in [4.69, 9.17) is 5.11 Å². The van der Waals surface area contributed by atoms with Crippen LogP contribution < -0.4 is 26.6 Å². The zero-order chi connectivity index (χ0) is 38.0. The highest BCUT2D eigenvalue weighted by molar-refractivity contribution is 5.99. The van der Waals surface area contributed by atoms with Crippen LogP contribution in [0.1, 0.15) is 66.4 Å². The fourth-order valence-electron chi connectivity index (χ4n) is 7.08. The molecule has 5 amide bonds. The molecule has 1 saturated carbocycles. The fraction of sp³-hybridized carbons (Fsp3) is 0.385. The van der Waals surface area contributed by atoms with Crippen molar-refractivity contribution in [3.63, 3.8) is 0 Å². The van der Waals surface area contributed by atoms with Crippen molar-refractivity contribution in [2.24, 2.45) is 11.8 Å². The fourth-order valence-corrected chi connectivity index (χ4v) is 7.08. The van der Waals surface area contributed by atoms with Crippen molar-refractivity contribution >= 4 is 35.4 Å². The van der Waals surface area contributed by atoms with Gasteiger partial charge in [-0.3, -0.25) is 19.2 Å². The topological polar surface area (TPSA) is 220 Å². The largest absolute Gasteiger partial charge is 0.465 e. The zero-order valence-corrected chi connectivity index (χ0v) is 30.1. The Hall–Kier alpha value is -6.12. The molecule has 7 N–H and O–H groups in total. The van der Waals surface area contributed by atoms with E-state index < -0.39 is 18.2 Å². The molecule has 2 fully saturated rings. The Kier molecular flexibility index (Phi) is 12.3. The van der Waals surface area contributed by atoms with Crippen LogP contribution in [-0.4, -0.2) is 80.6 Å². The van der Waals surface area contributed by atoms with Crippen molar-refractivity contribution in [2.75, 3.05) is 18.4 Å². The van der Waals surface area contributed by atoms with Gasteiger partial charge >= 0.3 is 6.09 Å². The van der Waals surface area contributed by atoms with Gasteiger partial charge in [0.15, 0.2) is 0 Å². The Morgan fingerprint density at radius 2 is 1.65 bits per heavy atom. The van der Waals surface area contributed by atoms with Crippen LogP contribution in [0.15, 0.2) is 66.7 Å². The Labute approximate surface area is 312 Å². The summed E-state index contributed by atoms with van der Waals surface area (Å²) in [6.45, 7) is 2.91. The summed E-state index contributed by atoms with van der Waals surface area (Å²) in [7, 11) is 0. The number of H-pyrrole nitrogens is 1. The maximum atomic E-state index is 13.7. The number of amides is 5. The lowest BCUT2D eigenvalue weighted by Crippen LogP contribution is -2.48. The third-order valence-corrected chi connectivity index (χ3v) is 10.2. The smallest absolute Gasteiger partial charge is 0.404 e. The Morgan fingerprint density at radius 1 is 0.907 bits per heavy atom. The first-order valence-corrected chi connectivity index (χ1v) is 18.3. The molecule has 0 unspecified atom stereocenters. The van der Waals surface area contributed by atoms with Crippen molar-refractivity contribution in [2.45, 2.75) is 70.4 Å². The lowest BCUT2D eigenvalue weighted by molar-refractivity contribution is -0.130. The predicted octanol–water partition coefficient (Wildman–Crippen LogP) is 3.98. The van der Waals surface area contributed by atoms with Crippen molar-refractivity contribution in [3.8, 4) is 22.5 Å². The molecule has 3 aromatic carbocycles. The lowest BCUT2D eigenvalue weighted by atomic mass is 9.81. The second-order valence-electron chi connectivity index (χ2n) is 14.0. The summed E-state index contributed by atoms with van der Waals surface area (Å²) in [4.78, 5) is 63.5. The van der Waals surface area contributed by atoms with Gasteiger partial charge in [0.25, 0.3) is 5.91 Å². The molecule has 0 bridgehead atoms. The molecular formula is C39H45N9O6. The number of tetrazole rings is 1. The maximum absolute atomic E-state index is 13.7. The summed E-state index contributed by atoms with van der Waals surface area (Å²) in [5.41, 5.74) is 5.33. The van der Waals surface area contributed by atoms with Gasteiger partial charge in [-0.15, -0.1) is 10.2 Å². The predicted molar refractivity (Wildman–Crippen MR) is 200 cm³/mol. The van der Waals surface area contributed by atoms with Crippen LogP contribution in [0.5, 0.6) is 0 Å². The third-order valence-electron chi connectivity index (χ3n) is 10.2. The highest BCUT2D eigenvalue weighted by Gasteiger charge is 2.30. The summed E-state index contributed by atoms with van der Waals surface area (Å²) in [6.07, 6.45) is 4.19. The van der Waals surface area contributed by atoms with Crippen molar-refractivity contribution in [1.82, 2.24) is 41.9 Å². The lowest BCUT2D eigenvalue weighted by Gasteiger charge is -2.29. The minimum atomic E-state index is -1.06. The summed E-state index contributed by atoms with van der Waals surface area (Å²) in [6, 6.07) is 18.8. The van der Waals surface area contributed by atoms with Gasteiger partial charge in [-0.1, -0.05) is 30.3 Å². The number of nitrogens with zero attached hydrogens (tertiary/aromatic N) is 3. The number of aryl methyl sites for hydroxylation is 1. The number of carboxylic acid groups (broad SMARTS) is 1. The van der Waals surface area contributed by atoms with Crippen molar-refractivity contribution in [3.05, 3.63) is 83.4 Å². The molecule has 1 aromatic heterocycles. The Balaban J connectivity index is 1.13. The third kappa shape index (κ3) is 9.85. The van der Waals surface area contributed by atoms with Crippen molar-refractivity contribution in [1.29, 1.82) is 0 Å². The van der Waals surface area contributed by atoms with Gasteiger partial charge in [-0.05, 0) is 122 Å². The first-order chi connectivity index (χ1) is 26.1. The first-order valence-electron chi connectivity index (χ1n) is 18.3. The van der Waals surface area contributed by atoms with Crippen LogP contribution in [0.4, 0.5) is 10.5 Å². The quantitative estimate of drug-likeness (QED) is 0.112. The van der Waals surface area contributed by atoms with Gasteiger partial charge in [0.2, 0.25) is 23.5 Å². The molecule has 0 spiro atoms. The van der Waals surface area contributed by atoms with E-state index in [0.717, 1.165) is 40.7 Å². The number of aromatic amines is 1. The number of nitrogens with one attached hydrogen (secondary N) is 6. The molecule has 1 aliphatic heterocycles. The molecule has 0 radical (unpaired) electrons. The van der Waals surface area contributed by atoms with E-state index in [-0.39, 0.29) is 41.9 Å². The highest BCUT2D eigenvalue weighted by atomic mass is 16.4. The van der Waals surface area contributed by atoms with Gasteiger partial charge < -0.3 is 31.7 Å². The monoisotopic (exact) mass is 735 g/mol. The van der Waals surface area contributed by atoms with E-state index in [1.165, 1.54) is 0 Å². The molecule has 2 heterocycles. The number of aromatic nitrogens is 4. The number of benzene rings is 3. The molecule has 282 valence electrons. The number of anilines is 1. The van der Waals surface area contributed by atoms with Gasteiger partial charge in [0, 0.05) is 42.2 Å². The second-order valence-corrected chi connectivity index (χ2v) is 14.0. The number of hydrogen-bond acceptors (Lipinski definition) is 8. The van der Waals surface area contributed by atoms with Gasteiger partial charge in [-0.2, -0.15) is 5.21 Å². The van der Waals surface area contributed by atoms with Gasteiger partial charge in [-0.25, -0.2) is 4.79 Å². The molecule has 1 saturated heterocycles. The minimum Gasteiger partial charge on any atom is -0.465 e. The summed E-state index contributed by atoms with van der Waals surface area (Å²) >= 11 is 0. The normalized spacial score (nSPS) is 19.1. The molecule has 15 nitrogen and oxygen atoms in total. The Bertz CT molecular complexity index is 1940. The average molecular weight is 736 g/mol. The SMILES string of the molecule is Cc1cc(C(=O)N[C@H]2CCCCNC2=O)ccc1-c1ccc(C[C@H](NC(=O)C2CCC(CNC(=O)O)CC2)C(=O)Nc2ccc(-c3nn[nH]n3)cc2)cc1. The van der Waals surface area contributed by atoms with E-state index >= 15 is 0 Å². The summed E-state index contributed by atoms with van der Waals surface area (Å²) in [5.74, 6) is -0.709. The van der Waals surface area contributed by atoms with Crippen LogP contribution in [0, 0.1) is 18.8 Å². The molecule has 4 aromatic rings. The molecule has 6 rings (SSSR count). The molecule has 15 heteroatoms. The van der Waals surface area contributed by atoms with Crippen LogP contribution in [-0.2, 0) is 20.8 Å². The number of hydrogen-bond donors (Lipinski definition) is 7. The summed E-state index contributed by atoms with van der Waals surface area (Å²) in [5, 5.41) is 37.0. The van der Waals surface area contributed by atoms with Crippen LogP contribution in [0.2, 0.25) is 0 Å². The second kappa shape index (κ2) is 17.6. The maximum Gasteiger partial charge on any atom is 0.404 e. The van der Waals surface area contributed by atoms with Crippen LogP contribution in [0.25, 0.3) is 22.5 Å². The molecular weight excluding hydrogens is 690 g/mol. The van der Waals surface area contributed by atoms with E-state index in [1.807, 2.05) is 43.3 Å². The zero-order valence-electron chi connectivity index (χ0n) is 30.1. The molecule has 1 aliphatic carbocycles. The number of carbonyl (C=O) groups is 5. The van der Waals surface area contributed by atoms with Gasteiger partial charge in [0.1, 0.15) is 12.1 Å². The average Bonchev–Trinajstić information content (AvgIpc) is 3.64. The van der Waals surface area contributed by atoms with Crippen LogP contribution >= 0.6 is 0 Å². The van der Waals surface area contributed by atoms with E-state index in [2.05, 4.69) is 47.2 Å². The molecule has 2 aliphatic rings. The molecule has 54 heavy (non-hydrogen) atoms. The van der Waals surface area contributed by atoms with Gasteiger partial charge in [0.05, 0.1) is 0 Å².